The number of nitrogens with one attached hydrogen (secondary N) is 1. The number of hydrogen-bond donors (Lipinski definition) is 1. The van der Waals surface area contributed by atoms with Crippen LogP contribution in [0.15, 0.2) is 29.0 Å². The first-order valence-corrected chi connectivity index (χ1v) is 7.36. The van der Waals surface area contributed by atoms with Crippen LogP contribution < -0.4 is 5.32 Å². The Morgan fingerprint density at radius 2 is 2.11 bits per heavy atom. The summed E-state index contributed by atoms with van der Waals surface area (Å²) in [6.07, 6.45) is 1.14. The molecular formula is C15H20N2S. The minimum atomic E-state index is 0.268. The molecule has 0 aliphatic rings. The van der Waals surface area contributed by atoms with Gasteiger partial charge in [0.25, 0.3) is 0 Å². The first kappa shape index (κ1) is 13.2. The van der Waals surface area contributed by atoms with E-state index >= 15 is 0 Å². The molecule has 3 heteroatoms. The second-order valence-corrected chi connectivity index (χ2v) is 5.35. The van der Waals surface area contributed by atoms with Crippen LogP contribution in [0.5, 0.6) is 0 Å². The Hall–Kier alpha value is -1.19. The highest BCUT2D eigenvalue weighted by Crippen LogP contribution is 2.26. The third-order valence-corrected chi connectivity index (χ3v) is 3.75. The third-order valence-electron chi connectivity index (χ3n) is 3.05. The van der Waals surface area contributed by atoms with Crippen molar-refractivity contribution in [1.82, 2.24) is 10.3 Å². The zero-order chi connectivity index (χ0) is 13.0. The summed E-state index contributed by atoms with van der Waals surface area (Å²) in [5.74, 6) is 0. The average molecular weight is 260 g/mol. The summed E-state index contributed by atoms with van der Waals surface area (Å²) >= 11 is 1.74. The smallest absolute Gasteiger partial charge is 0.0602 e. The SMILES string of the molecule is CCCNC(c1ccsc1)c1ccc(C)nc1C. The fourth-order valence-corrected chi connectivity index (χ4v) is 2.82. The molecule has 96 valence electrons. The van der Waals surface area contributed by atoms with Gasteiger partial charge in [0.2, 0.25) is 0 Å². The number of rotatable bonds is 5. The van der Waals surface area contributed by atoms with Gasteiger partial charge >= 0.3 is 0 Å². The molecule has 0 radical (unpaired) electrons. The molecule has 2 aromatic heterocycles. The summed E-state index contributed by atoms with van der Waals surface area (Å²) in [5.41, 5.74) is 4.82. The molecule has 1 N–H and O–H groups in total. The molecular weight excluding hydrogens is 240 g/mol. The highest BCUT2D eigenvalue weighted by Gasteiger charge is 2.16. The van der Waals surface area contributed by atoms with E-state index in [1.807, 2.05) is 6.92 Å². The van der Waals surface area contributed by atoms with Crippen LogP contribution in [0.3, 0.4) is 0 Å². The van der Waals surface area contributed by atoms with Gasteiger partial charge < -0.3 is 5.32 Å². The van der Waals surface area contributed by atoms with Crippen molar-refractivity contribution >= 4 is 11.3 Å². The van der Waals surface area contributed by atoms with E-state index in [4.69, 9.17) is 0 Å². The summed E-state index contributed by atoms with van der Waals surface area (Å²) in [6.45, 7) is 7.34. The van der Waals surface area contributed by atoms with Gasteiger partial charge in [-0.25, -0.2) is 0 Å². The van der Waals surface area contributed by atoms with Gasteiger partial charge in [0, 0.05) is 11.4 Å². The molecule has 18 heavy (non-hydrogen) atoms. The Bertz CT molecular complexity index is 491. The van der Waals surface area contributed by atoms with E-state index in [9.17, 15) is 0 Å². The zero-order valence-electron chi connectivity index (χ0n) is 11.2. The Morgan fingerprint density at radius 3 is 2.72 bits per heavy atom. The molecule has 0 aliphatic heterocycles. The second kappa shape index (κ2) is 6.12. The number of aromatic nitrogens is 1. The molecule has 2 heterocycles. The second-order valence-electron chi connectivity index (χ2n) is 4.57. The lowest BCUT2D eigenvalue weighted by Crippen LogP contribution is -2.23. The summed E-state index contributed by atoms with van der Waals surface area (Å²) in [7, 11) is 0. The van der Waals surface area contributed by atoms with Crippen molar-refractivity contribution in [1.29, 1.82) is 0 Å². The fraction of sp³-hybridized carbons (Fsp3) is 0.400. The van der Waals surface area contributed by atoms with Crippen molar-refractivity contribution in [3.05, 3.63) is 51.5 Å². The largest absolute Gasteiger partial charge is 0.306 e. The summed E-state index contributed by atoms with van der Waals surface area (Å²) in [5, 5.41) is 7.96. The quantitative estimate of drug-likeness (QED) is 0.883. The van der Waals surface area contributed by atoms with Gasteiger partial charge in [0.1, 0.15) is 0 Å². The van der Waals surface area contributed by atoms with Crippen molar-refractivity contribution in [2.75, 3.05) is 6.54 Å². The van der Waals surface area contributed by atoms with Gasteiger partial charge in [-0.2, -0.15) is 11.3 Å². The van der Waals surface area contributed by atoms with E-state index in [-0.39, 0.29) is 6.04 Å². The molecule has 0 amide bonds. The van der Waals surface area contributed by atoms with Crippen LogP contribution in [0, 0.1) is 13.8 Å². The molecule has 2 nitrogen and oxygen atoms in total. The molecule has 0 aromatic carbocycles. The van der Waals surface area contributed by atoms with Crippen LogP contribution >= 0.6 is 11.3 Å². The van der Waals surface area contributed by atoms with Gasteiger partial charge in [-0.3, -0.25) is 4.98 Å². The normalized spacial score (nSPS) is 12.6. The standard InChI is InChI=1S/C15H20N2S/c1-4-8-16-15(13-7-9-18-10-13)14-6-5-11(2)17-12(14)3/h5-7,9-10,15-16H,4,8H2,1-3H3. The van der Waals surface area contributed by atoms with Crippen molar-refractivity contribution in [3.63, 3.8) is 0 Å². The van der Waals surface area contributed by atoms with Crippen molar-refractivity contribution in [2.45, 2.75) is 33.2 Å². The Kier molecular flexibility index (Phi) is 4.50. The Labute approximate surface area is 113 Å². The molecule has 0 bridgehead atoms. The predicted octanol–water partition coefficient (Wildman–Crippen LogP) is 3.85. The molecule has 0 fully saturated rings. The van der Waals surface area contributed by atoms with E-state index < -0.39 is 0 Å². The van der Waals surface area contributed by atoms with E-state index in [0.717, 1.165) is 24.4 Å². The highest BCUT2D eigenvalue weighted by molar-refractivity contribution is 7.08. The molecule has 0 aliphatic carbocycles. The zero-order valence-corrected chi connectivity index (χ0v) is 12.1. The fourth-order valence-electron chi connectivity index (χ4n) is 2.14. The molecule has 0 saturated carbocycles. The lowest BCUT2D eigenvalue weighted by atomic mass is 9.99. The number of aryl methyl sites for hydroxylation is 2. The summed E-state index contributed by atoms with van der Waals surface area (Å²) in [4.78, 5) is 4.58. The van der Waals surface area contributed by atoms with Crippen LogP contribution in [0.4, 0.5) is 0 Å². The maximum Gasteiger partial charge on any atom is 0.0602 e. The lowest BCUT2D eigenvalue weighted by Gasteiger charge is -2.20. The maximum atomic E-state index is 4.58. The van der Waals surface area contributed by atoms with Crippen LogP contribution in [0.2, 0.25) is 0 Å². The predicted molar refractivity (Wildman–Crippen MR) is 78.2 cm³/mol. The van der Waals surface area contributed by atoms with Gasteiger partial charge in [0.15, 0.2) is 0 Å². The molecule has 0 spiro atoms. The lowest BCUT2D eigenvalue weighted by molar-refractivity contribution is 0.595. The Balaban J connectivity index is 2.33. The van der Waals surface area contributed by atoms with Gasteiger partial charge in [-0.1, -0.05) is 13.0 Å². The summed E-state index contributed by atoms with van der Waals surface area (Å²) in [6, 6.07) is 6.75. The van der Waals surface area contributed by atoms with Crippen LogP contribution in [0.25, 0.3) is 0 Å². The minimum absolute atomic E-state index is 0.268. The maximum absolute atomic E-state index is 4.58. The number of thiophene rings is 1. The molecule has 0 saturated heterocycles. The molecule has 2 rings (SSSR count). The number of hydrogen-bond acceptors (Lipinski definition) is 3. The molecule has 2 aromatic rings. The average Bonchev–Trinajstić information content (AvgIpc) is 2.85. The van der Waals surface area contributed by atoms with E-state index in [1.165, 1.54) is 11.1 Å². The van der Waals surface area contributed by atoms with Crippen molar-refractivity contribution < 1.29 is 0 Å². The van der Waals surface area contributed by atoms with Gasteiger partial charge in [0.05, 0.1) is 6.04 Å². The first-order valence-electron chi connectivity index (χ1n) is 6.42. The van der Waals surface area contributed by atoms with E-state index in [2.05, 4.69) is 53.1 Å². The van der Waals surface area contributed by atoms with Gasteiger partial charge in [-0.05, 0) is 60.8 Å². The Morgan fingerprint density at radius 1 is 1.28 bits per heavy atom. The molecule has 1 unspecified atom stereocenters. The third kappa shape index (κ3) is 2.98. The van der Waals surface area contributed by atoms with Crippen molar-refractivity contribution in [3.8, 4) is 0 Å². The topological polar surface area (TPSA) is 24.9 Å². The first-order chi connectivity index (χ1) is 8.72. The molecule has 1 atom stereocenters. The van der Waals surface area contributed by atoms with Gasteiger partial charge in [-0.15, -0.1) is 0 Å². The van der Waals surface area contributed by atoms with E-state index in [1.54, 1.807) is 11.3 Å². The number of pyridine rings is 1. The van der Waals surface area contributed by atoms with Crippen LogP contribution in [0.1, 0.15) is 41.9 Å². The highest BCUT2D eigenvalue weighted by atomic mass is 32.1. The number of nitrogens with zero attached hydrogens (tertiary/aromatic N) is 1. The summed E-state index contributed by atoms with van der Waals surface area (Å²) < 4.78 is 0. The monoisotopic (exact) mass is 260 g/mol. The van der Waals surface area contributed by atoms with E-state index in [0.29, 0.717) is 0 Å². The van der Waals surface area contributed by atoms with Crippen LogP contribution in [-0.2, 0) is 0 Å². The van der Waals surface area contributed by atoms with Crippen LogP contribution in [-0.4, -0.2) is 11.5 Å². The van der Waals surface area contributed by atoms with Crippen molar-refractivity contribution in [2.24, 2.45) is 0 Å². The minimum Gasteiger partial charge on any atom is -0.306 e.